The average molecular weight is 487 g/mol. The van der Waals surface area contributed by atoms with Gasteiger partial charge in [-0.05, 0) is 48.4 Å². The number of rotatable bonds is 8. The van der Waals surface area contributed by atoms with Crippen LogP contribution in [-0.2, 0) is 16.1 Å². The minimum Gasteiger partial charge on any atom is -0.383 e. The summed E-state index contributed by atoms with van der Waals surface area (Å²) in [5.41, 5.74) is 1.29. The summed E-state index contributed by atoms with van der Waals surface area (Å²) in [7, 11) is 1.63. The first-order valence-electron chi connectivity index (χ1n) is 12.0. The van der Waals surface area contributed by atoms with Crippen molar-refractivity contribution in [2.45, 2.75) is 25.0 Å². The van der Waals surface area contributed by atoms with Gasteiger partial charge in [0.15, 0.2) is 0 Å². The van der Waals surface area contributed by atoms with Crippen molar-refractivity contribution in [3.8, 4) is 0 Å². The highest BCUT2D eigenvalue weighted by molar-refractivity contribution is 5.98. The maximum Gasteiger partial charge on any atom is 0.254 e. The largest absolute Gasteiger partial charge is 0.383 e. The third-order valence-electron chi connectivity index (χ3n) is 6.74. The standard InChI is InChI=1S/C26H32F2N4O3/c1-35-15-14-31(17-19-2-6-21(27)7-3-19)23-16-24(26(34)30-12-10-29-11-13-30)32(18-23)25(33)20-4-8-22(28)9-5-20/h2-9,23-24,29H,10-18H2,1H3. The van der Waals surface area contributed by atoms with Gasteiger partial charge in [0.2, 0.25) is 5.91 Å². The van der Waals surface area contributed by atoms with E-state index in [-0.39, 0.29) is 23.7 Å². The quantitative estimate of drug-likeness (QED) is 0.620. The summed E-state index contributed by atoms with van der Waals surface area (Å²) in [6, 6.07) is 11.1. The van der Waals surface area contributed by atoms with Crippen LogP contribution in [0, 0.1) is 11.6 Å². The van der Waals surface area contributed by atoms with Crippen LogP contribution in [0.4, 0.5) is 8.78 Å². The molecular weight excluding hydrogens is 454 g/mol. The van der Waals surface area contributed by atoms with E-state index in [4.69, 9.17) is 4.74 Å². The maximum atomic E-state index is 13.5. The number of nitrogens with zero attached hydrogens (tertiary/aromatic N) is 3. The molecule has 4 rings (SSSR count). The number of likely N-dealkylation sites (tertiary alicyclic amines) is 1. The summed E-state index contributed by atoms with van der Waals surface area (Å²) in [6.45, 7) is 4.64. The van der Waals surface area contributed by atoms with Crippen LogP contribution in [0.25, 0.3) is 0 Å². The number of hydrogen-bond donors (Lipinski definition) is 1. The summed E-state index contributed by atoms with van der Waals surface area (Å²) in [6.07, 6.45) is 0.487. The Morgan fingerprint density at radius 2 is 1.66 bits per heavy atom. The molecule has 2 unspecified atom stereocenters. The maximum absolute atomic E-state index is 13.5. The molecule has 2 aromatic rings. The predicted octanol–water partition coefficient (Wildman–Crippen LogP) is 2.13. The van der Waals surface area contributed by atoms with Crippen LogP contribution >= 0.6 is 0 Å². The van der Waals surface area contributed by atoms with Crippen molar-refractivity contribution in [1.82, 2.24) is 20.0 Å². The molecule has 2 saturated heterocycles. The summed E-state index contributed by atoms with van der Waals surface area (Å²) >= 11 is 0. The Labute approximate surface area is 204 Å². The van der Waals surface area contributed by atoms with Crippen molar-refractivity contribution in [3.05, 3.63) is 71.3 Å². The average Bonchev–Trinajstić information content (AvgIpc) is 3.33. The van der Waals surface area contributed by atoms with Crippen molar-refractivity contribution in [1.29, 1.82) is 0 Å². The summed E-state index contributed by atoms with van der Waals surface area (Å²) in [5.74, 6) is -1.05. The molecule has 2 heterocycles. The number of nitrogens with one attached hydrogen (secondary N) is 1. The normalized spacial score (nSPS) is 20.5. The number of ether oxygens (including phenoxy) is 1. The minimum atomic E-state index is -0.603. The van der Waals surface area contributed by atoms with E-state index in [9.17, 15) is 18.4 Å². The van der Waals surface area contributed by atoms with Gasteiger partial charge in [-0.25, -0.2) is 8.78 Å². The number of carbonyl (C=O) groups is 2. The molecule has 2 aliphatic heterocycles. The molecule has 2 amide bonds. The monoisotopic (exact) mass is 486 g/mol. The molecule has 2 fully saturated rings. The van der Waals surface area contributed by atoms with Gasteiger partial charge in [0.25, 0.3) is 5.91 Å². The van der Waals surface area contributed by atoms with E-state index in [0.29, 0.717) is 51.3 Å². The van der Waals surface area contributed by atoms with Gasteiger partial charge >= 0.3 is 0 Å². The highest BCUT2D eigenvalue weighted by Crippen LogP contribution is 2.27. The number of halogens is 2. The van der Waals surface area contributed by atoms with Crippen LogP contribution in [0.15, 0.2) is 48.5 Å². The Morgan fingerprint density at radius 1 is 1.03 bits per heavy atom. The van der Waals surface area contributed by atoms with Crippen molar-refractivity contribution < 1.29 is 23.1 Å². The summed E-state index contributed by atoms with van der Waals surface area (Å²) < 4.78 is 32.2. The molecule has 2 aliphatic rings. The SMILES string of the molecule is COCCN(Cc1ccc(F)cc1)C1CC(C(=O)N2CCNCC2)N(C(=O)c2ccc(F)cc2)C1. The fourth-order valence-electron chi connectivity index (χ4n) is 4.81. The molecule has 0 saturated carbocycles. The van der Waals surface area contributed by atoms with Gasteiger partial charge in [-0.15, -0.1) is 0 Å². The van der Waals surface area contributed by atoms with E-state index in [0.717, 1.165) is 18.7 Å². The molecule has 0 radical (unpaired) electrons. The van der Waals surface area contributed by atoms with Crippen LogP contribution in [0.1, 0.15) is 22.3 Å². The first kappa shape index (κ1) is 25.2. The highest BCUT2D eigenvalue weighted by Gasteiger charge is 2.43. The topological polar surface area (TPSA) is 65.1 Å². The van der Waals surface area contributed by atoms with E-state index in [2.05, 4.69) is 10.2 Å². The molecule has 35 heavy (non-hydrogen) atoms. The van der Waals surface area contributed by atoms with Gasteiger partial charge in [-0.2, -0.15) is 0 Å². The van der Waals surface area contributed by atoms with Crippen LogP contribution in [0.3, 0.4) is 0 Å². The van der Waals surface area contributed by atoms with E-state index < -0.39 is 11.9 Å². The second-order valence-corrected chi connectivity index (χ2v) is 9.03. The lowest BCUT2D eigenvalue weighted by Crippen LogP contribution is -2.53. The first-order chi connectivity index (χ1) is 17.0. The molecule has 1 N–H and O–H groups in total. The van der Waals surface area contributed by atoms with Gasteiger partial charge in [0.1, 0.15) is 17.7 Å². The third kappa shape index (κ3) is 6.22. The lowest BCUT2D eigenvalue weighted by molar-refractivity contribution is -0.135. The Hall–Kier alpha value is -2.88. The molecular formula is C26H32F2N4O3. The van der Waals surface area contributed by atoms with Gasteiger partial charge in [0.05, 0.1) is 6.61 Å². The lowest BCUT2D eigenvalue weighted by atomic mass is 10.1. The van der Waals surface area contributed by atoms with Crippen LogP contribution in [0.5, 0.6) is 0 Å². The van der Waals surface area contributed by atoms with E-state index in [1.54, 1.807) is 24.1 Å². The zero-order valence-electron chi connectivity index (χ0n) is 20.0. The smallest absolute Gasteiger partial charge is 0.254 e. The fourth-order valence-corrected chi connectivity index (χ4v) is 4.81. The number of amides is 2. The van der Waals surface area contributed by atoms with E-state index in [1.807, 2.05) is 4.90 Å². The molecule has 0 spiro atoms. The summed E-state index contributed by atoms with van der Waals surface area (Å²) in [4.78, 5) is 32.6. The van der Waals surface area contributed by atoms with Crippen molar-refractivity contribution in [2.75, 3.05) is 53.0 Å². The van der Waals surface area contributed by atoms with Crippen LogP contribution in [0.2, 0.25) is 0 Å². The summed E-state index contributed by atoms with van der Waals surface area (Å²) in [5, 5.41) is 3.25. The number of hydrogen-bond acceptors (Lipinski definition) is 5. The van der Waals surface area contributed by atoms with E-state index >= 15 is 0 Å². The van der Waals surface area contributed by atoms with Crippen molar-refractivity contribution in [3.63, 3.8) is 0 Å². The predicted molar refractivity (Wildman–Crippen MR) is 128 cm³/mol. The fraction of sp³-hybridized carbons (Fsp3) is 0.462. The minimum absolute atomic E-state index is 0.0575. The number of carbonyl (C=O) groups excluding carboxylic acids is 2. The third-order valence-corrected chi connectivity index (χ3v) is 6.74. The van der Waals surface area contributed by atoms with Gasteiger partial charge in [-0.1, -0.05) is 12.1 Å². The Bertz CT molecular complexity index is 997. The van der Waals surface area contributed by atoms with E-state index in [1.165, 1.54) is 36.4 Å². The second kappa shape index (κ2) is 11.7. The number of piperazine rings is 1. The van der Waals surface area contributed by atoms with Crippen molar-refractivity contribution in [2.24, 2.45) is 0 Å². The van der Waals surface area contributed by atoms with Gasteiger partial charge in [0, 0.05) is 64.5 Å². The molecule has 188 valence electrons. The lowest BCUT2D eigenvalue weighted by Gasteiger charge is -2.32. The molecule has 2 aromatic carbocycles. The van der Waals surface area contributed by atoms with Gasteiger partial charge < -0.3 is 19.9 Å². The first-order valence-corrected chi connectivity index (χ1v) is 12.0. The van der Waals surface area contributed by atoms with Crippen LogP contribution < -0.4 is 5.32 Å². The molecule has 9 heteroatoms. The number of methoxy groups -OCH3 is 1. The molecule has 0 aliphatic carbocycles. The number of benzene rings is 2. The molecule has 7 nitrogen and oxygen atoms in total. The van der Waals surface area contributed by atoms with Crippen LogP contribution in [-0.4, -0.2) is 91.6 Å². The Morgan fingerprint density at radius 3 is 2.29 bits per heavy atom. The van der Waals surface area contributed by atoms with Crippen molar-refractivity contribution >= 4 is 11.8 Å². The zero-order valence-corrected chi connectivity index (χ0v) is 20.0. The molecule has 0 bridgehead atoms. The second-order valence-electron chi connectivity index (χ2n) is 9.03. The molecule has 2 atom stereocenters. The Balaban J connectivity index is 1.58. The highest BCUT2D eigenvalue weighted by atomic mass is 19.1. The van der Waals surface area contributed by atoms with Gasteiger partial charge in [-0.3, -0.25) is 14.5 Å². The zero-order chi connectivity index (χ0) is 24.8. The molecule has 0 aromatic heterocycles. The Kier molecular flexibility index (Phi) is 8.43.